The molecule has 0 aliphatic carbocycles. The highest BCUT2D eigenvalue weighted by Gasteiger charge is 2.48. The van der Waals surface area contributed by atoms with Crippen molar-refractivity contribution in [3.63, 3.8) is 0 Å². The number of aliphatic hydroxyl groups excluding tert-OH is 1. The van der Waals surface area contributed by atoms with Crippen molar-refractivity contribution in [1.82, 2.24) is 14.4 Å². The lowest BCUT2D eigenvalue weighted by Gasteiger charge is -2.50. The number of aromatic nitrogens is 1. The van der Waals surface area contributed by atoms with Gasteiger partial charge in [-0.25, -0.2) is 0 Å². The van der Waals surface area contributed by atoms with Gasteiger partial charge in [0, 0.05) is 37.4 Å². The van der Waals surface area contributed by atoms with Gasteiger partial charge in [-0.15, -0.1) is 0 Å². The molecule has 1 aromatic carbocycles. The summed E-state index contributed by atoms with van der Waals surface area (Å²) in [4.78, 5) is 28.7. The maximum atomic E-state index is 13.1. The van der Waals surface area contributed by atoms with Crippen molar-refractivity contribution in [3.05, 3.63) is 58.9 Å². The predicted octanol–water partition coefficient (Wildman–Crippen LogP) is 3.92. The average molecular weight is 547 g/mol. The van der Waals surface area contributed by atoms with Crippen molar-refractivity contribution in [2.75, 3.05) is 39.9 Å². The van der Waals surface area contributed by atoms with E-state index < -0.39 is 43.0 Å². The van der Waals surface area contributed by atoms with E-state index in [2.05, 4.69) is 9.64 Å². The third-order valence-corrected chi connectivity index (χ3v) is 7.30. The molecule has 38 heavy (non-hydrogen) atoms. The van der Waals surface area contributed by atoms with Crippen LogP contribution in [-0.2, 0) is 16.8 Å². The molecule has 3 heterocycles. The summed E-state index contributed by atoms with van der Waals surface area (Å²) >= 11 is 0. The first kappa shape index (κ1) is 28.1. The molecule has 2 aliphatic rings. The van der Waals surface area contributed by atoms with Crippen molar-refractivity contribution in [2.24, 2.45) is 0 Å². The molecule has 1 amide bonds. The number of carbonyl (C=O) groups is 2. The minimum atomic E-state index is -4.97. The van der Waals surface area contributed by atoms with Crippen LogP contribution >= 0.6 is 0 Å². The minimum Gasteiger partial charge on any atom is -0.386 e. The van der Waals surface area contributed by atoms with Crippen LogP contribution in [0.4, 0.5) is 26.3 Å². The number of ketones is 1. The van der Waals surface area contributed by atoms with Crippen LogP contribution in [0.25, 0.3) is 0 Å². The number of carbonyl (C=O) groups excluding carboxylic acids is 2. The quantitative estimate of drug-likeness (QED) is 0.439. The summed E-state index contributed by atoms with van der Waals surface area (Å²) in [5.74, 6) is -2.16. The van der Waals surface area contributed by atoms with E-state index in [4.69, 9.17) is 0 Å². The number of fused-ring (bicyclic) bond motifs is 2. The average Bonchev–Trinajstić information content (AvgIpc) is 3.29. The fraction of sp³-hybridized carbons (Fsp3) is 0.520. The lowest BCUT2D eigenvalue weighted by atomic mass is 9.81. The monoisotopic (exact) mass is 547 g/mol. The van der Waals surface area contributed by atoms with Crippen LogP contribution in [0.15, 0.2) is 36.4 Å². The van der Waals surface area contributed by atoms with Gasteiger partial charge in [0.2, 0.25) is 0 Å². The second-order valence-corrected chi connectivity index (χ2v) is 9.60. The summed E-state index contributed by atoms with van der Waals surface area (Å²) in [5, 5.41) is 10.0. The van der Waals surface area contributed by atoms with Gasteiger partial charge in [0.25, 0.3) is 11.7 Å². The van der Waals surface area contributed by atoms with E-state index in [9.17, 15) is 41.0 Å². The van der Waals surface area contributed by atoms with E-state index in [1.807, 2.05) is 7.05 Å². The van der Waals surface area contributed by atoms with Crippen LogP contribution in [0.3, 0.4) is 0 Å². The Morgan fingerprint density at radius 2 is 1.61 bits per heavy atom. The number of likely N-dealkylation sites (tertiary alicyclic amines) is 1. The van der Waals surface area contributed by atoms with Gasteiger partial charge in [0.1, 0.15) is 12.7 Å². The number of hydrogen-bond acceptors (Lipinski definition) is 5. The molecule has 7 nitrogen and oxygen atoms in total. The Kier molecular flexibility index (Phi) is 7.65. The molecule has 13 heteroatoms. The molecular formula is C25H27F6N3O4. The van der Waals surface area contributed by atoms with Crippen LogP contribution in [0, 0.1) is 0 Å². The van der Waals surface area contributed by atoms with Gasteiger partial charge in [0.15, 0.2) is 0 Å². The van der Waals surface area contributed by atoms with E-state index in [-0.39, 0.29) is 18.1 Å². The predicted molar refractivity (Wildman–Crippen MR) is 123 cm³/mol. The Morgan fingerprint density at radius 1 is 0.974 bits per heavy atom. The van der Waals surface area contributed by atoms with Crippen LogP contribution in [0.5, 0.6) is 0 Å². The van der Waals surface area contributed by atoms with Crippen LogP contribution in [0.1, 0.15) is 51.0 Å². The van der Waals surface area contributed by atoms with Crippen molar-refractivity contribution in [2.45, 2.75) is 43.4 Å². The first-order chi connectivity index (χ1) is 17.7. The SMILES string of the molecule is CN1CCn2c(C(=O)C(F)(F)F)ccc2C12CCN(C(=O)c1ccc(C(O)COCC(F)(F)F)cc1)CC2. The Hall–Kier alpha value is -2.90. The summed E-state index contributed by atoms with van der Waals surface area (Å²) in [6.07, 6.45) is -9.85. The largest absolute Gasteiger partial charge is 0.456 e. The number of amides is 1. The van der Waals surface area contributed by atoms with E-state index in [0.717, 1.165) is 0 Å². The highest BCUT2D eigenvalue weighted by Crippen LogP contribution is 2.42. The molecule has 1 fully saturated rings. The number of nitrogens with zero attached hydrogens (tertiary/aromatic N) is 3. The third-order valence-electron chi connectivity index (χ3n) is 7.30. The van der Waals surface area contributed by atoms with Crippen molar-refractivity contribution in [1.29, 1.82) is 0 Å². The lowest BCUT2D eigenvalue weighted by Crippen LogP contribution is -2.56. The molecule has 1 unspecified atom stereocenters. The van der Waals surface area contributed by atoms with Gasteiger partial charge >= 0.3 is 12.4 Å². The maximum absolute atomic E-state index is 13.1. The van der Waals surface area contributed by atoms with Crippen LogP contribution in [0.2, 0.25) is 0 Å². The molecule has 4 rings (SSSR count). The summed E-state index contributed by atoms with van der Waals surface area (Å²) < 4.78 is 81.8. The van der Waals surface area contributed by atoms with Gasteiger partial charge in [-0.1, -0.05) is 12.1 Å². The third kappa shape index (κ3) is 5.59. The number of hydrogen-bond donors (Lipinski definition) is 1. The summed E-state index contributed by atoms with van der Waals surface area (Å²) in [6.45, 7) is -0.674. The van der Waals surface area contributed by atoms with Gasteiger partial charge in [-0.05, 0) is 49.7 Å². The smallest absolute Gasteiger partial charge is 0.386 e. The van der Waals surface area contributed by atoms with Gasteiger partial charge in [-0.3, -0.25) is 14.5 Å². The normalized spacial score (nSPS) is 18.9. The van der Waals surface area contributed by atoms with Gasteiger partial charge < -0.3 is 19.3 Å². The fourth-order valence-corrected chi connectivity index (χ4v) is 5.25. The second-order valence-electron chi connectivity index (χ2n) is 9.60. The maximum Gasteiger partial charge on any atom is 0.456 e. The number of Topliss-reactive ketones (excluding diaryl/α,β-unsaturated/α-hetero) is 1. The Labute approximate surface area is 214 Å². The molecule has 1 aromatic heterocycles. The summed E-state index contributed by atoms with van der Waals surface area (Å²) in [6, 6.07) is 8.62. The minimum absolute atomic E-state index is 0.250. The number of ether oxygens (including phenoxy) is 1. The summed E-state index contributed by atoms with van der Waals surface area (Å²) in [7, 11) is 1.88. The van der Waals surface area contributed by atoms with Crippen molar-refractivity contribution >= 4 is 11.7 Å². The number of halogens is 6. The van der Waals surface area contributed by atoms with E-state index >= 15 is 0 Å². The number of alkyl halides is 6. The zero-order valence-corrected chi connectivity index (χ0v) is 20.5. The fourth-order valence-electron chi connectivity index (χ4n) is 5.25. The number of benzene rings is 1. The number of piperidine rings is 1. The van der Waals surface area contributed by atoms with Crippen LogP contribution in [-0.4, -0.2) is 83.4 Å². The van der Waals surface area contributed by atoms with Crippen molar-refractivity contribution in [3.8, 4) is 0 Å². The molecule has 1 N–H and O–H groups in total. The number of aliphatic hydroxyl groups is 1. The molecule has 0 bridgehead atoms. The van der Waals surface area contributed by atoms with E-state index in [1.165, 1.54) is 34.9 Å². The summed E-state index contributed by atoms with van der Waals surface area (Å²) in [5.41, 5.74) is 0.243. The number of rotatable bonds is 6. The number of likely N-dealkylation sites (N-methyl/N-ethyl adjacent to an activating group) is 1. The Balaban J connectivity index is 1.42. The molecule has 1 spiro atoms. The molecular weight excluding hydrogens is 520 g/mol. The molecule has 1 atom stereocenters. The molecule has 2 aromatic rings. The topological polar surface area (TPSA) is 75.0 Å². The second kappa shape index (κ2) is 10.3. The molecule has 2 aliphatic heterocycles. The van der Waals surface area contributed by atoms with Gasteiger partial charge in [-0.2, -0.15) is 26.3 Å². The standard InChI is InChI=1S/C25H27F6N3O4/c1-32-12-13-34-18(21(36)25(29,30)31)6-7-20(34)23(32)8-10-33(11-9-23)22(37)17-4-2-16(3-5-17)19(35)14-38-15-24(26,27)28/h2-7,19,35H,8-15H2,1H3. The zero-order chi connectivity index (χ0) is 27.9. The van der Waals surface area contributed by atoms with Gasteiger partial charge in [0.05, 0.1) is 17.8 Å². The van der Waals surface area contributed by atoms with E-state index in [1.54, 1.807) is 11.0 Å². The Bertz CT molecular complexity index is 1170. The lowest BCUT2D eigenvalue weighted by molar-refractivity contribution is -0.179. The van der Waals surface area contributed by atoms with Crippen LogP contribution < -0.4 is 0 Å². The molecule has 0 radical (unpaired) electrons. The molecule has 1 saturated heterocycles. The first-order valence-electron chi connectivity index (χ1n) is 12.0. The highest BCUT2D eigenvalue weighted by atomic mass is 19.4. The van der Waals surface area contributed by atoms with Crippen molar-refractivity contribution < 1.29 is 45.8 Å². The molecule has 208 valence electrons. The van der Waals surface area contributed by atoms with E-state index in [0.29, 0.717) is 49.3 Å². The Morgan fingerprint density at radius 3 is 2.18 bits per heavy atom. The zero-order valence-electron chi connectivity index (χ0n) is 20.5. The highest BCUT2D eigenvalue weighted by molar-refractivity contribution is 5.99. The first-order valence-corrected chi connectivity index (χ1v) is 12.0. The molecule has 0 saturated carbocycles.